The quantitative estimate of drug-likeness (QED) is 0.482. The number of aromatic nitrogens is 4. The Morgan fingerprint density at radius 3 is 2.62 bits per heavy atom. The summed E-state index contributed by atoms with van der Waals surface area (Å²) in [4.78, 5) is 28.6. The molecule has 26 heavy (non-hydrogen) atoms. The van der Waals surface area contributed by atoms with Gasteiger partial charge in [-0.1, -0.05) is 27.2 Å². The van der Waals surface area contributed by atoms with Gasteiger partial charge in [0, 0.05) is 20.2 Å². The highest BCUT2D eigenvalue weighted by atomic mass is 16.5. The van der Waals surface area contributed by atoms with Crippen LogP contribution in [-0.4, -0.2) is 32.4 Å². The summed E-state index contributed by atoms with van der Waals surface area (Å²) in [5.41, 5.74) is 0.169. The Morgan fingerprint density at radius 2 is 2.00 bits per heavy atom. The molecule has 0 saturated carbocycles. The van der Waals surface area contributed by atoms with Crippen LogP contribution in [-0.2, 0) is 20.1 Å². The van der Waals surface area contributed by atoms with Crippen LogP contribution in [0, 0.1) is 5.92 Å². The third-order valence-electron chi connectivity index (χ3n) is 4.47. The SMILES string of the molecule is CCCCOc1[nH]c2c(c(=O)n(CCCO)c(=O)n2C)[n+]1CCC(C)C. The van der Waals surface area contributed by atoms with Crippen LogP contribution in [0.3, 0.4) is 0 Å². The Balaban J connectivity index is 2.62. The molecule has 0 aromatic carbocycles. The van der Waals surface area contributed by atoms with E-state index in [1.165, 1.54) is 9.13 Å². The molecule has 8 heteroatoms. The van der Waals surface area contributed by atoms with Crippen molar-refractivity contribution in [2.24, 2.45) is 13.0 Å². The topological polar surface area (TPSA) is 93.1 Å². The van der Waals surface area contributed by atoms with Crippen molar-refractivity contribution in [1.29, 1.82) is 0 Å². The Bertz CT molecular complexity index is 847. The molecule has 2 aromatic heterocycles. The third-order valence-corrected chi connectivity index (χ3v) is 4.47. The molecule has 0 aliphatic rings. The van der Waals surface area contributed by atoms with Crippen molar-refractivity contribution in [2.75, 3.05) is 13.2 Å². The summed E-state index contributed by atoms with van der Waals surface area (Å²) >= 11 is 0. The molecular weight excluding hydrogens is 336 g/mol. The van der Waals surface area contributed by atoms with E-state index in [1.54, 1.807) is 7.05 Å². The Morgan fingerprint density at radius 1 is 1.27 bits per heavy atom. The van der Waals surface area contributed by atoms with Crippen LogP contribution in [0.1, 0.15) is 46.5 Å². The maximum atomic E-state index is 13.0. The highest BCUT2D eigenvalue weighted by molar-refractivity contribution is 5.66. The van der Waals surface area contributed by atoms with Gasteiger partial charge in [-0.3, -0.25) is 13.9 Å². The summed E-state index contributed by atoms with van der Waals surface area (Å²) in [6.45, 7) is 7.65. The molecule has 0 aliphatic heterocycles. The molecule has 2 heterocycles. The largest absolute Gasteiger partial charge is 0.456 e. The molecular formula is C18H31N4O4+. The summed E-state index contributed by atoms with van der Waals surface area (Å²) < 4.78 is 10.3. The number of nitrogens with zero attached hydrogens (tertiary/aromatic N) is 3. The molecule has 2 rings (SSSR count). The van der Waals surface area contributed by atoms with Gasteiger partial charge in [0.1, 0.15) is 0 Å². The van der Waals surface area contributed by atoms with E-state index in [9.17, 15) is 9.59 Å². The van der Waals surface area contributed by atoms with E-state index in [-0.39, 0.29) is 18.7 Å². The zero-order valence-corrected chi connectivity index (χ0v) is 16.2. The number of rotatable bonds is 10. The van der Waals surface area contributed by atoms with Crippen LogP contribution in [0.15, 0.2) is 9.59 Å². The number of H-pyrrole nitrogens is 1. The lowest BCUT2D eigenvalue weighted by Gasteiger charge is -2.07. The number of unbranched alkanes of at least 4 members (excludes halogenated alkanes) is 1. The van der Waals surface area contributed by atoms with Crippen LogP contribution in [0.4, 0.5) is 0 Å². The first-order valence-corrected chi connectivity index (χ1v) is 9.41. The van der Waals surface area contributed by atoms with Crippen LogP contribution in [0.2, 0.25) is 0 Å². The highest BCUT2D eigenvalue weighted by Crippen LogP contribution is 2.11. The van der Waals surface area contributed by atoms with Gasteiger partial charge in [0.15, 0.2) is 0 Å². The Labute approximate surface area is 153 Å². The third kappa shape index (κ3) is 4.17. The Hall–Kier alpha value is -2.09. The van der Waals surface area contributed by atoms with E-state index in [2.05, 4.69) is 25.8 Å². The molecule has 0 unspecified atom stereocenters. The number of aliphatic hydroxyl groups is 1. The van der Waals surface area contributed by atoms with Crippen LogP contribution < -0.4 is 20.6 Å². The summed E-state index contributed by atoms with van der Waals surface area (Å²) in [6, 6.07) is 0.515. The number of aliphatic hydroxyl groups excluding tert-OH is 1. The number of nitrogens with one attached hydrogen (secondary N) is 1. The number of fused-ring (bicyclic) bond motifs is 1. The van der Waals surface area contributed by atoms with Crippen LogP contribution in [0.25, 0.3) is 11.2 Å². The highest BCUT2D eigenvalue weighted by Gasteiger charge is 2.27. The normalized spacial score (nSPS) is 11.6. The predicted octanol–water partition coefficient (Wildman–Crippen LogP) is 0.923. The number of hydrogen-bond acceptors (Lipinski definition) is 4. The fourth-order valence-electron chi connectivity index (χ4n) is 2.86. The minimum Gasteiger partial charge on any atom is -0.431 e. The molecule has 0 amide bonds. The van der Waals surface area contributed by atoms with Crippen molar-refractivity contribution >= 4 is 11.2 Å². The van der Waals surface area contributed by atoms with E-state index in [1.807, 2.05) is 4.57 Å². The van der Waals surface area contributed by atoms with E-state index >= 15 is 0 Å². The minimum atomic E-state index is -0.395. The van der Waals surface area contributed by atoms with Gasteiger partial charge in [-0.25, -0.2) is 4.79 Å². The lowest BCUT2D eigenvalue weighted by molar-refractivity contribution is -0.678. The first-order chi connectivity index (χ1) is 12.4. The molecule has 8 nitrogen and oxygen atoms in total. The van der Waals surface area contributed by atoms with Gasteiger partial charge >= 0.3 is 17.3 Å². The van der Waals surface area contributed by atoms with E-state index in [0.29, 0.717) is 42.7 Å². The van der Waals surface area contributed by atoms with Crippen LogP contribution >= 0.6 is 0 Å². The minimum absolute atomic E-state index is 0.0699. The standard InChI is InChI=1S/C18H30N4O4/c1-5-6-12-26-17-19-15-14(21(17)10-8-13(2)3)16(24)22(9-7-11-23)18(25)20(15)4/h13,23H,5-12H2,1-4H3/p+1. The van der Waals surface area contributed by atoms with Crippen LogP contribution in [0.5, 0.6) is 6.01 Å². The van der Waals surface area contributed by atoms with Crippen molar-refractivity contribution in [3.05, 3.63) is 20.8 Å². The molecule has 0 saturated heterocycles. The molecule has 0 fully saturated rings. The van der Waals surface area contributed by atoms with E-state index < -0.39 is 5.69 Å². The zero-order chi connectivity index (χ0) is 19.3. The van der Waals surface area contributed by atoms with Crippen molar-refractivity contribution in [1.82, 2.24) is 14.1 Å². The average molecular weight is 367 g/mol. The van der Waals surface area contributed by atoms with Crippen molar-refractivity contribution in [3.63, 3.8) is 0 Å². The zero-order valence-electron chi connectivity index (χ0n) is 16.2. The number of ether oxygens (including phenoxy) is 1. The van der Waals surface area contributed by atoms with Crippen molar-refractivity contribution in [2.45, 2.75) is 59.5 Å². The van der Waals surface area contributed by atoms with Gasteiger partial charge in [-0.05, 0) is 25.2 Å². The molecule has 0 atom stereocenters. The fraction of sp³-hybridized carbons (Fsp3) is 0.722. The second-order valence-electron chi connectivity index (χ2n) is 7.04. The van der Waals surface area contributed by atoms with Gasteiger partial charge < -0.3 is 9.84 Å². The Kier molecular flexibility index (Phi) is 7.02. The lowest BCUT2D eigenvalue weighted by Crippen LogP contribution is -2.45. The van der Waals surface area contributed by atoms with Gasteiger partial charge in [-0.15, -0.1) is 0 Å². The molecule has 2 aromatic rings. The summed E-state index contributed by atoms with van der Waals surface area (Å²) in [5, 5.41) is 9.06. The second-order valence-corrected chi connectivity index (χ2v) is 7.04. The maximum absolute atomic E-state index is 13.0. The number of aromatic amines is 1. The fourth-order valence-corrected chi connectivity index (χ4v) is 2.86. The first-order valence-electron chi connectivity index (χ1n) is 9.41. The molecule has 146 valence electrons. The summed E-state index contributed by atoms with van der Waals surface area (Å²) in [7, 11) is 1.64. The van der Waals surface area contributed by atoms with Gasteiger partial charge in [-0.2, -0.15) is 9.55 Å². The number of aryl methyl sites for hydroxylation is 2. The number of hydrogen-bond donors (Lipinski definition) is 2. The monoisotopic (exact) mass is 367 g/mol. The smallest absolute Gasteiger partial charge is 0.431 e. The second kappa shape index (κ2) is 9.02. The van der Waals surface area contributed by atoms with Crippen molar-refractivity contribution < 1.29 is 14.4 Å². The summed E-state index contributed by atoms with van der Waals surface area (Å²) in [5.74, 6) is 0.472. The predicted molar refractivity (Wildman–Crippen MR) is 99.6 cm³/mol. The van der Waals surface area contributed by atoms with Crippen molar-refractivity contribution in [3.8, 4) is 6.01 Å². The molecule has 0 spiro atoms. The van der Waals surface area contributed by atoms with Gasteiger partial charge in [0.25, 0.3) is 11.2 Å². The molecule has 2 N–H and O–H groups in total. The first kappa shape index (κ1) is 20.2. The van der Waals surface area contributed by atoms with E-state index in [0.717, 1.165) is 19.3 Å². The maximum Gasteiger partial charge on any atom is 0.456 e. The number of imidazole rings is 1. The average Bonchev–Trinajstić information content (AvgIpc) is 2.97. The van der Waals surface area contributed by atoms with Gasteiger partial charge in [0.05, 0.1) is 13.2 Å². The summed E-state index contributed by atoms with van der Waals surface area (Å²) in [6.07, 6.45) is 3.18. The molecule has 0 aliphatic carbocycles. The molecule has 0 radical (unpaired) electrons. The van der Waals surface area contributed by atoms with E-state index in [4.69, 9.17) is 9.84 Å². The molecule has 0 bridgehead atoms. The lowest BCUT2D eigenvalue weighted by atomic mass is 10.1. The van der Waals surface area contributed by atoms with Gasteiger partial charge in [0.2, 0.25) is 0 Å².